The van der Waals surface area contributed by atoms with E-state index in [9.17, 15) is 4.79 Å². The molecule has 0 bridgehead atoms. The van der Waals surface area contributed by atoms with Gasteiger partial charge in [0.15, 0.2) is 0 Å². The van der Waals surface area contributed by atoms with E-state index in [0.29, 0.717) is 11.3 Å². The quantitative estimate of drug-likeness (QED) is 0.840. The topological polar surface area (TPSA) is 62.5 Å². The third-order valence-corrected chi connectivity index (χ3v) is 6.10. The Morgan fingerprint density at radius 2 is 1.72 bits per heavy atom. The number of hydrogen-bond donors (Lipinski definition) is 0. The Labute approximate surface area is 150 Å². The van der Waals surface area contributed by atoms with Gasteiger partial charge >= 0.3 is 0 Å². The highest BCUT2D eigenvalue weighted by atomic mass is 16.6. The van der Waals surface area contributed by atoms with Gasteiger partial charge in [-0.3, -0.25) is 9.69 Å². The molecule has 140 valence electrons. The maximum absolute atomic E-state index is 12.9. The van der Waals surface area contributed by atoms with Crippen molar-refractivity contribution in [3.63, 3.8) is 0 Å². The summed E-state index contributed by atoms with van der Waals surface area (Å²) in [7, 11) is 0. The molecule has 2 heterocycles. The van der Waals surface area contributed by atoms with Crippen molar-refractivity contribution >= 4 is 5.91 Å². The Morgan fingerprint density at radius 3 is 2.24 bits per heavy atom. The fourth-order valence-electron chi connectivity index (χ4n) is 4.20. The van der Waals surface area contributed by atoms with Gasteiger partial charge in [-0.05, 0) is 43.9 Å². The molecule has 1 amide bonds. The Bertz CT molecular complexity index is 576. The summed E-state index contributed by atoms with van der Waals surface area (Å²) >= 11 is 0. The van der Waals surface area contributed by atoms with E-state index in [4.69, 9.17) is 4.63 Å². The molecule has 0 spiro atoms. The van der Waals surface area contributed by atoms with Crippen LogP contribution in [0.1, 0.15) is 57.8 Å². The lowest BCUT2D eigenvalue weighted by Gasteiger charge is -2.40. The van der Waals surface area contributed by atoms with Gasteiger partial charge in [-0.25, -0.2) is 4.63 Å². The highest BCUT2D eigenvalue weighted by Gasteiger charge is 2.34. The van der Waals surface area contributed by atoms with E-state index in [1.54, 1.807) is 0 Å². The fourth-order valence-corrected chi connectivity index (χ4v) is 4.20. The standard InChI is InChI=1S/C19H32N4O2/c1-14-17(21-25-20-14)13-22-9-11-23(12-10-22)18(24)15-5-7-16(8-6-15)19(2,3)4/h15-16H,5-13H2,1-4H3. The van der Waals surface area contributed by atoms with Crippen LogP contribution >= 0.6 is 0 Å². The van der Waals surface area contributed by atoms with Crippen molar-refractivity contribution in [3.05, 3.63) is 11.4 Å². The van der Waals surface area contributed by atoms with Crippen LogP contribution in [0, 0.1) is 24.2 Å². The van der Waals surface area contributed by atoms with Crippen molar-refractivity contribution in [3.8, 4) is 0 Å². The summed E-state index contributed by atoms with van der Waals surface area (Å²) < 4.78 is 4.77. The Balaban J connectivity index is 1.45. The van der Waals surface area contributed by atoms with Crippen LogP contribution in [0.3, 0.4) is 0 Å². The number of amides is 1. The van der Waals surface area contributed by atoms with E-state index in [0.717, 1.165) is 62.9 Å². The number of carbonyl (C=O) groups is 1. The van der Waals surface area contributed by atoms with Crippen LogP contribution in [0.5, 0.6) is 0 Å². The van der Waals surface area contributed by atoms with Gasteiger partial charge in [0.1, 0.15) is 11.4 Å². The zero-order valence-electron chi connectivity index (χ0n) is 16.1. The van der Waals surface area contributed by atoms with E-state index in [1.807, 2.05) is 6.92 Å². The molecule has 25 heavy (non-hydrogen) atoms. The zero-order valence-corrected chi connectivity index (χ0v) is 16.1. The lowest BCUT2D eigenvalue weighted by atomic mass is 9.69. The molecule has 1 aromatic heterocycles. The van der Waals surface area contributed by atoms with Gasteiger partial charge in [-0.2, -0.15) is 0 Å². The molecule has 0 aromatic carbocycles. The summed E-state index contributed by atoms with van der Waals surface area (Å²) in [5, 5.41) is 7.79. The first-order valence-electron chi connectivity index (χ1n) is 9.64. The monoisotopic (exact) mass is 348 g/mol. The largest absolute Gasteiger partial charge is 0.340 e. The first-order valence-corrected chi connectivity index (χ1v) is 9.64. The molecule has 1 aliphatic heterocycles. The minimum Gasteiger partial charge on any atom is -0.340 e. The molecule has 6 heteroatoms. The molecule has 1 saturated heterocycles. The number of aryl methyl sites for hydroxylation is 1. The van der Waals surface area contributed by atoms with Gasteiger partial charge in [0, 0.05) is 38.6 Å². The van der Waals surface area contributed by atoms with Crippen LogP contribution in [0.2, 0.25) is 0 Å². The first-order chi connectivity index (χ1) is 11.8. The van der Waals surface area contributed by atoms with Crippen molar-refractivity contribution in [2.24, 2.45) is 17.3 Å². The summed E-state index contributed by atoms with van der Waals surface area (Å²) in [6.45, 7) is 13.1. The molecule has 0 atom stereocenters. The number of aromatic nitrogens is 2. The molecular weight excluding hydrogens is 316 g/mol. The summed E-state index contributed by atoms with van der Waals surface area (Å²) in [6, 6.07) is 0. The maximum atomic E-state index is 12.9. The molecule has 3 rings (SSSR count). The molecular formula is C19H32N4O2. The van der Waals surface area contributed by atoms with E-state index in [2.05, 4.69) is 40.9 Å². The van der Waals surface area contributed by atoms with Gasteiger partial charge in [0.2, 0.25) is 5.91 Å². The Kier molecular flexibility index (Phi) is 5.46. The average molecular weight is 348 g/mol. The van der Waals surface area contributed by atoms with E-state index in [1.165, 1.54) is 12.8 Å². The second-order valence-electron chi connectivity index (χ2n) is 8.81. The lowest BCUT2D eigenvalue weighted by molar-refractivity contribution is -0.139. The lowest BCUT2D eigenvalue weighted by Crippen LogP contribution is -2.50. The number of rotatable bonds is 3. The van der Waals surface area contributed by atoms with Crippen molar-refractivity contribution in [2.45, 2.75) is 59.9 Å². The fraction of sp³-hybridized carbons (Fsp3) is 0.842. The van der Waals surface area contributed by atoms with E-state index >= 15 is 0 Å². The van der Waals surface area contributed by atoms with Crippen LogP contribution in [0.15, 0.2) is 4.63 Å². The third kappa shape index (κ3) is 4.40. The molecule has 0 N–H and O–H groups in total. The maximum Gasteiger partial charge on any atom is 0.225 e. The van der Waals surface area contributed by atoms with Crippen molar-refractivity contribution in [2.75, 3.05) is 26.2 Å². The molecule has 0 radical (unpaired) electrons. The molecule has 0 unspecified atom stereocenters. The van der Waals surface area contributed by atoms with Gasteiger partial charge in [-0.15, -0.1) is 0 Å². The van der Waals surface area contributed by atoms with Crippen LogP contribution in [-0.2, 0) is 11.3 Å². The second-order valence-corrected chi connectivity index (χ2v) is 8.81. The summed E-state index contributed by atoms with van der Waals surface area (Å²) in [6.07, 6.45) is 4.51. The number of carbonyl (C=O) groups excluding carboxylic acids is 1. The van der Waals surface area contributed by atoms with Crippen LogP contribution < -0.4 is 0 Å². The van der Waals surface area contributed by atoms with Gasteiger partial charge in [-0.1, -0.05) is 31.1 Å². The van der Waals surface area contributed by atoms with Crippen molar-refractivity contribution < 1.29 is 9.42 Å². The number of piperazine rings is 1. The average Bonchev–Trinajstić information content (AvgIpc) is 2.99. The zero-order chi connectivity index (χ0) is 18.0. The minimum atomic E-state index is 0.243. The van der Waals surface area contributed by atoms with Crippen LogP contribution in [0.4, 0.5) is 0 Å². The summed E-state index contributed by atoms with van der Waals surface area (Å²) in [5.74, 6) is 1.38. The van der Waals surface area contributed by atoms with E-state index < -0.39 is 0 Å². The Morgan fingerprint density at radius 1 is 1.08 bits per heavy atom. The molecule has 1 saturated carbocycles. The second kappa shape index (κ2) is 7.44. The molecule has 2 fully saturated rings. The van der Waals surface area contributed by atoms with Crippen LogP contribution in [0.25, 0.3) is 0 Å². The highest BCUT2D eigenvalue weighted by Crippen LogP contribution is 2.40. The summed E-state index contributed by atoms with van der Waals surface area (Å²) in [5.41, 5.74) is 2.13. The molecule has 2 aliphatic rings. The number of hydrogen-bond acceptors (Lipinski definition) is 5. The highest BCUT2D eigenvalue weighted by molar-refractivity contribution is 5.79. The molecule has 1 aliphatic carbocycles. The predicted molar refractivity (Wildman–Crippen MR) is 95.8 cm³/mol. The van der Waals surface area contributed by atoms with Crippen molar-refractivity contribution in [1.82, 2.24) is 20.1 Å². The van der Waals surface area contributed by atoms with Gasteiger partial charge < -0.3 is 4.90 Å². The summed E-state index contributed by atoms with van der Waals surface area (Å²) in [4.78, 5) is 17.3. The Hall–Kier alpha value is -1.43. The normalized spacial score (nSPS) is 26.0. The first kappa shape index (κ1) is 18.4. The van der Waals surface area contributed by atoms with Gasteiger partial charge in [0.05, 0.1) is 0 Å². The van der Waals surface area contributed by atoms with Crippen molar-refractivity contribution in [1.29, 1.82) is 0 Å². The third-order valence-electron chi connectivity index (χ3n) is 6.10. The predicted octanol–water partition coefficient (Wildman–Crippen LogP) is 2.87. The molecule has 1 aromatic rings. The van der Waals surface area contributed by atoms with Crippen LogP contribution in [-0.4, -0.2) is 52.2 Å². The smallest absolute Gasteiger partial charge is 0.225 e. The van der Waals surface area contributed by atoms with Gasteiger partial charge in [0.25, 0.3) is 0 Å². The molecule has 6 nitrogen and oxygen atoms in total. The SMILES string of the molecule is Cc1nonc1CN1CCN(C(=O)C2CCC(C(C)(C)C)CC2)CC1. The van der Waals surface area contributed by atoms with E-state index in [-0.39, 0.29) is 5.92 Å². The number of nitrogens with zero attached hydrogens (tertiary/aromatic N) is 4. The minimum absolute atomic E-state index is 0.243.